The van der Waals surface area contributed by atoms with Crippen molar-refractivity contribution in [2.75, 3.05) is 13.2 Å². The molecule has 4 nitrogen and oxygen atoms in total. The van der Waals surface area contributed by atoms with Crippen LogP contribution in [0, 0.1) is 0 Å². The van der Waals surface area contributed by atoms with E-state index in [4.69, 9.17) is 10.5 Å². The zero-order chi connectivity index (χ0) is 9.26. The van der Waals surface area contributed by atoms with Crippen LogP contribution in [0.2, 0.25) is 0 Å². The predicted octanol–water partition coefficient (Wildman–Crippen LogP) is 0.746. The van der Waals surface area contributed by atoms with Crippen molar-refractivity contribution in [3.05, 3.63) is 16.1 Å². The van der Waals surface area contributed by atoms with Gasteiger partial charge in [-0.15, -0.1) is 11.3 Å². The molecule has 1 saturated heterocycles. The summed E-state index contributed by atoms with van der Waals surface area (Å²) in [5.41, 5.74) is 6.04. The van der Waals surface area contributed by atoms with Gasteiger partial charge in [-0.2, -0.15) is 0 Å². The maximum atomic E-state index is 10.8. The summed E-state index contributed by atoms with van der Waals surface area (Å²) in [6, 6.07) is 0. The fourth-order valence-corrected chi connectivity index (χ4v) is 2.11. The minimum absolute atomic E-state index is 0.351. The molecule has 1 amide bonds. The standard InChI is InChI=1S/C8H10N2O2S/c9-7(11)8-10-6(4-13-8)5-1-2-12-3-5/h4-5H,1-3H2,(H2,9,11). The van der Waals surface area contributed by atoms with Crippen LogP contribution in [-0.2, 0) is 4.74 Å². The summed E-state index contributed by atoms with van der Waals surface area (Å²) < 4.78 is 5.23. The van der Waals surface area contributed by atoms with Crippen LogP contribution in [0.5, 0.6) is 0 Å². The lowest BCUT2D eigenvalue weighted by atomic mass is 10.1. The number of ether oxygens (including phenoxy) is 1. The number of amides is 1. The second-order valence-corrected chi connectivity index (χ2v) is 3.86. The molecular formula is C8H10N2O2S. The molecular weight excluding hydrogens is 188 g/mol. The van der Waals surface area contributed by atoms with Crippen LogP contribution in [0.25, 0.3) is 0 Å². The second kappa shape index (κ2) is 3.43. The highest BCUT2D eigenvalue weighted by molar-refractivity contribution is 7.11. The Morgan fingerprint density at radius 1 is 1.77 bits per heavy atom. The van der Waals surface area contributed by atoms with Crippen molar-refractivity contribution in [2.24, 2.45) is 5.73 Å². The van der Waals surface area contributed by atoms with E-state index in [1.807, 2.05) is 5.38 Å². The predicted molar refractivity (Wildman–Crippen MR) is 48.8 cm³/mol. The topological polar surface area (TPSA) is 65.2 Å². The number of carbonyl (C=O) groups is 1. The Labute approximate surface area is 79.7 Å². The minimum atomic E-state index is -0.449. The average molecular weight is 198 g/mol. The Morgan fingerprint density at radius 2 is 2.62 bits per heavy atom. The minimum Gasteiger partial charge on any atom is -0.381 e. The van der Waals surface area contributed by atoms with Crippen molar-refractivity contribution in [3.63, 3.8) is 0 Å². The van der Waals surface area contributed by atoms with Crippen molar-refractivity contribution in [1.82, 2.24) is 4.98 Å². The average Bonchev–Trinajstić information content (AvgIpc) is 2.75. The SMILES string of the molecule is NC(=O)c1nc(C2CCOC2)cs1. The first kappa shape index (κ1) is 8.65. The number of hydrogen-bond donors (Lipinski definition) is 1. The van der Waals surface area contributed by atoms with E-state index in [1.165, 1.54) is 11.3 Å². The Morgan fingerprint density at radius 3 is 3.15 bits per heavy atom. The molecule has 1 aliphatic heterocycles. The Balaban J connectivity index is 2.16. The van der Waals surface area contributed by atoms with E-state index in [-0.39, 0.29) is 0 Å². The van der Waals surface area contributed by atoms with E-state index < -0.39 is 5.91 Å². The number of primary amides is 1. The summed E-state index contributed by atoms with van der Waals surface area (Å²) in [4.78, 5) is 14.9. The second-order valence-electron chi connectivity index (χ2n) is 3.00. The molecule has 70 valence electrons. The Bertz CT molecular complexity index is 318. The molecule has 1 aliphatic rings. The summed E-state index contributed by atoms with van der Waals surface area (Å²) in [6.45, 7) is 1.50. The lowest BCUT2D eigenvalue weighted by Gasteiger charge is -2.00. The number of aromatic nitrogens is 1. The molecule has 0 radical (unpaired) electrons. The van der Waals surface area contributed by atoms with Gasteiger partial charge in [-0.05, 0) is 6.42 Å². The molecule has 0 aliphatic carbocycles. The van der Waals surface area contributed by atoms with Gasteiger partial charge in [-0.3, -0.25) is 4.79 Å². The van der Waals surface area contributed by atoms with E-state index in [0.29, 0.717) is 17.5 Å². The van der Waals surface area contributed by atoms with Crippen LogP contribution < -0.4 is 5.73 Å². The van der Waals surface area contributed by atoms with Crippen molar-refractivity contribution >= 4 is 17.2 Å². The molecule has 0 spiro atoms. The van der Waals surface area contributed by atoms with E-state index >= 15 is 0 Å². The van der Waals surface area contributed by atoms with Gasteiger partial charge >= 0.3 is 0 Å². The van der Waals surface area contributed by atoms with Crippen LogP contribution in [0.1, 0.15) is 27.8 Å². The first-order valence-electron chi connectivity index (χ1n) is 4.10. The van der Waals surface area contributed by atoms with Gasteiger partial charge in [0.25, 0.3) is 5.91 Å². The van der Waals surface area contributed by atoms with Crippen LogP contribution >= 0.6 is 11.3 Å². The van der Waals surface area contributed by atoms with E-state index in [2.05, 4.69) is 4.98 Å². The lowest BCUT2D eigenvalue weighted by molar-refractivity contribution is 0.0999. The molecule has 1 atom stereocenters. The monoisotopic (exact) mass is 198 g/mol. The third-order valence-corrected chi connectivity index (χ3v) is 2.96. The number of nitrogens with two attached hydrogens (primary N) is 1. The smallest absolute Gasteiger partial charge is 0.277 e. The van der Waals surface area contributed by atoms with Crippen molar-refractivity contribution in [1.29, 1.82) is 0 Å². The molecule has 0 bridgehead atoms. The molecule has 1 unspecified atom stereocenters. The lowest BCUT2D eigenvalue weighted by Crippen LogP contribution is -2.10. The highest BCUT2D eigenvalue weighted by atomic mass is 32.1. The largest absolute Gasteiger partial charge is 0.381 e. The third-order valence-electron chi connectivity index (χ3n) is 2.08. The number of carbonyl (C=O) groups excluding carboxylic acids is 1. The molecule has 1 aromatic rings. The molecule has 2 N–H and O–H groups in total. The summed E-state index contributed by atoms with van der Waals surface area (Å²) in [5, 5.41) is 2.28. The number of thiazole rings is 1. The quantitative estimate of drug-likeness (QED) is 0.762. The maximum Gasteiger partial charge on any atom is 0.277 e. The van der Waals surface area contributed by atoms with E-state index in [1.54, 1.807) is 0 Å². The van der Waals surface area contributed by atoms with Gasteiger partial charge in [0.2, 0.25) is 0 Å². The van der Waals surface area contributed by atoms with Gasteiger partial charge in [0.15, 0.2) is 5.01 Å². The van der Waals surface area contributed by atoms with Crippen molar-refractivity contribution < 1.29 is 9.53 Å². The van der Waals surface area contributed by atoms with Gasteiger partial charge in [0.05, 0.1) is 12.3 Å². The number of rotatable bonds is 2. The summed E-state index contributed by atoms with van der Waals surface area (Å²) in [5.74, 6) is -0.0977. The Kier molecular flexibility index (Phi) is 2.28. The number of hydrogen-bond acceptors (Lipinski definition) is 4. The van der Waals surface area contributed by atoms with Gasteiger partial charge in [-0.25, -0.2) is 4.98 Å². The van der Waals surface area contributed by atoms with Crippen LogP contribution in [-0.4, -0.2) is 24.1 Å². The summed E-state index contributed by atoms with van der Waals surface area (Å²) in [7, 11) is 0. The molecule has 0 aromatic carbocycles. The first-order chi connectivity index (χ1) is 6.27. The van der Waals surface area contributed by atoms with E-state index in [0.717, 1.165) is 18.7 Å². The summed E-state index contributed by atoms with van der Waals surface area (Å²) >= 11 is 1.30. The molecule has 0 saturated carbocycles. The highest BCUT2D eigenvalue weighted by Gasteiger charge is 2.21. The van der Waals surface area contributed by atoms with Crippen LogP contribution in [0.4, 0.5) is 0 Å². The third kappa shape index (κ3) is 1.71. The van der Waals surface area contributed by atoms with Crippen molar-refractivity contribution in [2.45, 2.75) is 12.3 Å². The van der Waals surface area contributed by atoms with Gasteiger partial charge in [0.1, 0.15) is 0 Å². The fraction of sp³-hybridized carbons (Fsp3) is 0.500. The van der Waals surface area contributed by atoms with Crippen LogP contribution in [0.15, 0.2) is 5.38 Å². The maximum absolute atomic E-state index is 10.8. The number of nitrogens with zero attached hydrogens (tertiary/aromatic N) is 1. The molecule has 5 heteroatoms. The van der Waals surface area contributed by atoms with Crippen molar-refractivity contribution in [3.8, 4) is 0 Å². The summed E-state index contributed by atoms with van der Waals surface area (Å²) in [6.07, 6.45) is 0.988. The first-order valence-corrected chi connectivity index (χ1v) is 4.98. The highest BCUT2D eigenvalue weighted by Crippen LogP contribution is 2.25. The molecule has 13 heavy (non-hydrogen) atoms. The molecule has 1 aromatic heterocycles. The molecule has 1 fully saturated rings. The van der Waals surface area contributed by atoms with E-state index in [9.17, 15) is 4.79 Å². The van der Waals surface area contributed by atoms with Gasteiger partial charge < -0.3 is 10.5 Å². The van der Waals surface area contributed by atoms with Crippen LogP contribution in [0.3, 0.4) is 0 Å². The zero-order valence-corrected chi connectivity index (χ0v) is 7.84. The molecule has 2 heterocycles. The zero-order valence-electron chi connectivity index (χ0n) is 7.03. The van der Waals surface area contributed by atoms with Gasteiger partial charge in [0, 0.05) is 17.9 Å². The fourth-order valence-electron chi connectivity index (χ4n) is 1.35. The van der Waals surface area contributed by atoms with Gasteiger partial charge in [-0.1, -0.05) is 0 Å². The molecule has 2 rings (SSSR count). The normalized spacial score (nSPS) is 22.0. The Hall–Kier alpha value is -0.940.